The Bertz CT molecular complexity index is 1520. The van der Waals surface area contributed by atoms with Crippen LogP contribution in [0.2, 0.25) is 0 Å². The van der Waals surface area contributed by atoms with Crippen molar-refractivity contribution in [2.24, 2.45) is 0 Å². The minimum Gasteiger partial charge on any atom is -0.308 e. The molecule has 6 nitrogen and oxygen atoms in total. The first-order chi connectivity index (χ1) is 17.9. The summed E-state index contributed by atoms with van der Waals surface area (Å²) in [5.41, 5.74) is 2.29. The normalized spacial score (nSPS) is 15.7. The molecule has 0 fully saturated rings. The summed E-state index contributed by atoms with van der Waals surface area (Å²) in [6.45, 7) is 4.35. The van der Waals surface area contributed by atoms with E-state index in [9.17, 15) is 18.4 Å². The van der Waals surface area contributed by atoms with E-state index < -0.39 is 23.2 Å². The molecule has 2 amide bonds. The van der Waals surface area contributed by atoms with Crippen molar-refractivity contribution in [1.29, 1.82) is 0 Å². The predicted octanol–water partition coefficient (Wildman–Crippen LogP) is 6.37. The molecular formula is C29H28F2N4O2. The smallest absolute Gasteiger partial charge is 0.308 e. The molecule has 1 aliphatic heterocycles. The number of hydrogen-bond donors (Lipinski definition) is 1. The number of amides is 2. The van der Waals surface area contributed by atoms with Crippen LogP contribution in [-0.4, -0.2) is 20.5 Å². The van der Waals surface area contributed by atoms with Crippen molar-refractivity contribution in [3.05, 3.63) is 106 Å². The minimum absolute atomic E-state index is 0.0206. The second kappa shape index (κ2) is 10.1. The molecule has 2 atom stereocenters. The van der Waals surface area contributed by atoms with Crippen molar-refractivity contribution in [3.63, 3.8) is 0 Å². The predicted molar refractivity (Wildman–Crippen MR) is 139 cm³/mol. The van der Waals surface area contributed by atoms with Crippen LogP contribution in [0.4, 0.5) is 19.3 Å². The van der Waals surface area contributed by atoms with E-state index in [2.05, 4.69) is 10.3 Å². The summed E-state index contributed by atoms with van der Waals surface area (Å²) in [6, 6.07) is 17.9. The first-order valence-corrected chi connectivity index (χ1v) is 12.5. The Kier molecular flexibility index (Phi) is 6.74. The third kappa shape index (κ3) is 4.59. The van der Waals surface area contributed by atoms with Crippen LogP contribution >= 0.6 is 0 Å². The Balaban J connectivity index is 1.63. The van der Waals surface area contributed by atoms with Gasteiger partial charge in [0, 0.05) is 18.3 Å². The summed E-state index contributed by atoms with van der Waals surface area (Å²) in [5, 5.41) is 3.09. The highest BCUT2D eigenvalue weighted by molar-refractivity contribution is 5.91. The van der Waals surface area contributed by atoms with Crippen LogP contribution in [0.15, 0.2) is 71.5 Å². The summed E-state index contributed by atoms with van der Waals surface area (Å²) < 4.78 is 29.5. The number of carbonyl (C=O) groups is 1. The number of nitrogens with zero attached hydrogens (tertiary/aromatic N) is 3. The fraction of sp³-hybridized carbons (Fsp3) is 0.276. The number of urea groups is 1. The summed E-state index contributed by atoms with van der Waals surface area (Å²) in [6.07, 6.45) is 1.95. The van der Waals surface area contributed by atoms with E-state index in [0.717, 1.165) is 35.4 Å². The van der Waals surface area contributed by atoms with Crippen LogP contribution in [-0.2, 0) is 13.0 Å². The SMILES string of the molecule is CCc1ccccc1NC(=O)N(C(C)c1ccccc1)C1CCCn2c1nc1cc(F)c(F)cc1c2=O. The lowest BCUT2D eigenvalue weighted by Gasteiger charge is -2.39. The quantitative estimate of drug-likeness (QED) is 0.345. The number of benzene rings is 3. The van der Waals surface area contributed by atoms with E-state index in [4.69, 9.17) is 0 Å². The lowest BCUT2D eigenvalue weighted by Crippen LogP contribution is -2.44. The lowest BCUT2D eigenvalue weighted by molar-refractivity contribution is 0.140. The molecule has 0 saturated carbocycles. The van der Waals surface area contributed by atoms with E-state index >= 15 is 0 Å². The zero-order valence-corrected chi connectivity index (χ0v) is 20.7. The molecular weight excluding hydrogens is 474 g/mol. The lowest BCUT2D eigenvalue weighted by atomic mass is 9.99. The number of carbonyl (C=O) groups excluding carboxylic acids is 1. The summed E-state index contributed by atoms with van der Waals surface area (Å²) in [4.78, 5) is 33.6. The average Bonchev–Trinajstić information content (AvgIpc) is 2.91. The first kappa shape index (κ1) is 24.6. The standard InChI is InChI=1S/C29H28F2N4O2/c1-3-19-10-7-8-13-24(19)33-29(37)35(18(2)20-11-5-4-6-12-20)26-14-9-15-34-27(26)32-25-17-23(31)22(30)16-21(25)28(34)36/h4-8,10-13,16-18,26H,3,9,14-15H2,1-2H3,(H,33,37). The first-order valence-electron chi connectivity index (χ1n) is 12.5. The van der Waals surface area contributed by atoms with Crippen LogP contribution in [0.1, 0.15) is 55.7 Å². The van der Waals surface area contributed by atoms with Gasteiger partial charge in [-0.1, -0.05) is 55.5 Å². The molecule has 0 radical (unpaired) electrons. The average molecular weight is 503 g/mol. The second-order valence-corrected chi connectivity index (χ2v) is 9.30. The number of hydrogen-bond acceptors (Lipinski definition) is 3. The maximum atomic E-state index is 14.1. The van der Waals surface area contributed by atoms with Gasteiger partial charge in [-0.05, 0) is 49.4 Å². The Hall–Kier alpha value is -4.07. The third-order valence-electron chi connectivity index (χ3n) is 7.09. The van der Waals surface area contributed by atoms with Crippen molar-refractivity contribution in [2.75, 3.05) is 5.32 Å². The molecule has 1 aromatic heterocycles. The van der Waals surface area contributed by atoms with Gasteiger partial charge in [-0.2, -0.15) is 0 Å². The molecule has 8 heteroatoms. The van der Waals surface area contributed by atoms with Crippen molar-refractivity contribution < 1.29 is 13.6 Å². The van der Waals surface area contributed by atoms with E-state index in [-0.39, 0.29) is 23.0 Å². The van der Waals surface area contributed by atoms with Gasteiger partial charge in [-0.25, -0.2) is 18.6 Å². The van der Waals surface area contributed by atoms with Crippen molar-refractivity contribution in [3.8, 4) is 0 Å². The zero-order valence-electron chi connectivity index (χ0n) is 20.7. The summed E-state index contributed by atoms with van der Waals surface area (Å²) >= 11 is 0. The monoisotopic (exact) mass is 502 g/mol. The van der Waals surface area contributed by atoms with Gasteiger partial charge in [0.2, 0.25) is 0 Å². The fourth-order valence-electron chi connectivity index (χ4n) is 5.15. The van der Waals surface area contributed by atoms with Gasteiger partial charge < -0.3 is 10.2 Å². The van der Waals surface area contributed by atoms with Crippen LogP contribution in [0.5, 0.6) is 0 Å². The Labute approximate surface area is 213 Å². The number of aromatic nitrogens is 2. The molecule has 0 aliphatic carbocycles. The van der Waals surface area contributed by atoms with Crippen LogP contribution < -0.4 is 10.9 Å². The van der Waals surface area contributed by atoms with Gasteiger partial charge in [0.05, 0.1) is 23.0 Å². The van der Waals surface area contributed by atoms with E-state index in [1.165, 1.54) is 4.57 Å². The number of aryl methyl sites for hydroxylation is 1. The topological polar surface area (TPSA) is 67.2 Å². The number of fused-ring (bicyclic) bond motifs is 2. The van der Waals surface area contributed by atoms with Gasteiger partial charge in [-0.15, -0.1) is 0 Å². The largest absolute Gasteiger partial charge is 0.322 e. The number of nitrogens with one attached hydrogen (secondary N) is 1. The molecule has 37 heavy (non-hydrogen) atoms. The number of anilines is 1. The summed E-state index contributed by atoms with van der Waals surface area (Å²) in [5.74, 6) is -1.79. The highest BCUT2D eigenvalue weighted by Gasteiger charge is 2.36. The third-order valence-corrected chi connectivity index (χ3v) is 7.09. The molecule has 4 aromatic rings. The molecule has 2 unspecified atom stereocenters. The van der Waals surface area contributed by atoms with Crippen LogP contribution in [0.25, 0.3) is 10.9 Å². The van der Waals surface area contributed by atoms with Crippen LogP contribution in [0.3, 0.4) is 0 Å². The second-order valence-electron chi connectivity index (χ2n) is 9.30. The van der Waals surface area contributed by atoms with Crippen molar-refractivity contribution in [1.82, 2.24) is 14.5 Å². The number of halogens is 2. The number of rotatable bonds is 5. The molecule has 2 heterocycles. The molecule has 5 rings (SSSR count). The van der Waals surface area contributed by atoms with E-state index in [1.54, 1.807) is 4.90 Å². The van der Waals surface area contributed by atoms with Gasteiger partial charge in [0.1, 0.15) is 5.82 Å². The Morgan fingerprint density at radius 2 is 1.81 bits per heavy atom. The van der Waals surface area contributed by atoms with E-state index in [0.29, 0.717) is 25.2 Å². The molecule has 0 bridgehead atoms. The maximum Gasteiger partial charge on any atom is 0.322 e. The number of para-hydroxylation sites is 1. The molecule has 190 valence electrons. The van der Waals surface area contributed by atoms with Crippen LogP contribution in [0, 0.1) is 11.6 Å². The zero-order chi connectivity index (χ0) is 26.1. The Morgan fingerprint density at radius 1 is 1.11 bits per heavy atom. The van der Waals surface area contributed by atoms with Gasteiger partial charge >= 0.3 is 6.03 Å². The Morgan fingerprint density at radius 3 is 2.57 bits per heavy atom. The van der Waals surface area contributed by atoms with Gasteiger partial charge in [0.15, 0.2) is 11.6 Å². The highest BCUT2D eigenvalue weighted by Crippen LogP contribution is 2.36. The molecule has 0 spiro atoms. The molecule has 1 N–H and O–H groups in total. The summed E-state index contributed by atoms with van der Waals surface area (Å²) in [7, 11) is 0. The van der Waals surface area contributed by atoms with Gasteiger partial charge in [0.25, 0.3) is 5.56 Å². The molecule has 3 aromatic carbocycles. The minimum atomic E-state index is -1.09. The fourth-order valence-corrected chi connectivity index (χ4v) is 5.15. The van der Waals surface area contributed by atoms with Crippen molar-refractivity contribution in [2.45, 2.75) is 51.7 Å². The van der Waals surface area contributed by atoms with Gasteiger partial charge in [-0.3, -0.25) is 9.36 Å². The maximum absolute atomic E-state index is 14.1. The molecule has 0 saturated heterocycles. The van der Waals surface area contributed by atoms with Crippen molar-refractivity contribution >= 4 is 22.6 Å². The molecule has 1 aliphatic rings. The van der Waals surface area contributed by atoms with E-state index in [1.807, 2.05) is 68.4 Å². The highest BCUT2D eigenvalue weighted by atomic mass is 19.2.